The lowest BCUT2D eigenvalue weighted by atomic mass is 9.92. The van der Waals surface area contributed by atoms with E-state index in [9.17, 15) is 20.4 Å². The number of rotatable bonds is 0. The van der Waals surface area contributed by atoms with E-state index in [1.165, 1.54) is 0 Å². The molecule has 0 aromatic heterocycles. The summed E-state index contributed by atoms with van der Waals surface area (Å²) < 4.78 is 0. The normalized spacial score (nSPS) is 12.5. The molecule has 4 aromatic carbocycles. The fourth-order valence-electron chi connectivity index (χ4n) is 4.23. The molecule has 4 heteroatoms. The Hall–Kier alpha value is -4.18. The first-order chi connectivity index (χ1) is 15.5. The molecule has 32 heavy (non-hydrogen) atoms. The molecule has 0 amide bonds. The molecule has 158 valence electrons. The lowest BCUT2D eigenvalue weighted by Gasteiger charge is -2.14. The van der Waals surface area contributed by atoms with E-state index < -0.39 is 0 Å². The third-order valence-electron chi connectivity index (χ3n) is 5.92. The number of phenolic OH excluding ortho intramolecular Hbond substituents is 4. The van der Waals surface area contributed by atoms with Crippen molar-refractivity contribution in [2.24, 2.45) is 0 Å². The molecule has 2 aliphatic carbocycles. The van der Waals surface area contributed by atoms with Gasteiger partial charge in [0, 0.05) is 16.7 Å². The van der Waals surface area contributed by atoms with E-state index in [1.807, 2.05) is 48.6 Å². The number of aryl methyl sites for hydroxylation is 2. The highest BCUT2D eigenvalue weighted by Gasteiger charge is 2.14. The van der Waals surface area contributed by atoms with Crippen molar-refractivity contribution in [3.05, 3.63) is 95.1 Å². The Kier molecular flexibility index (Phi) is 4.83. The Morgan fingerprint density at radius 1 is 0.469 bits per heavy atom. The van der Waals surface area contributed by atoms with Crippen LogP contribution in [0.1, 0.15) is 22.3 Å². The maximum atomic E-state index is 10.7. The highest BCUT2D eigenvalue weighted by molar-refractivity contribution is 5.81. The molecular formula is C28H22O4. The van der Waals surface area contributed by atoms with E-state index in [0.29, 0.717) is 29.5 Å². The maximum absolute atomic E-state index is 10.7. The van der Waals surface area contributed by atoms with Crippen molar-refractivity contribution in [2.75, 3.05) is 0 Å². The molecule has 4 aromatic rings. The van der Waals surface area contributed by atoms with Gasteiger partial charge >= 0.3 is 0 Å². The lowest BCUT2D eigenvalue weighted by Crippen LogP contribution is -1.96. The van der Waals surface area contributed by atoms with Gasteiger partial charge in [-0.05, 0) is 83.1 Å². The van der Waals surface area contributed by atoms with Crippen molar-refractivity contribution in [3.63, 3.8) is 0 Å². The van der Waals surface area contributed by atoms with Gasteiger partial charge in [-0.25, -0.2) is 0 Å². The minimum atomic E-state index is 0.0907. The molecule has 0 spiro atoms. The van der Waals surface area contributed by atoms with Crippen LogP contribution in [0.25, 0.3) is 34.4 Å². The van der Waals surface area contributed by atoms with Crippen LogP contribution in [0.4, 0.5) is 0 Å². The van der Waals surface area contributed by atoms with Crippen LogP contribution in [0.2, 0.25) is 0 Å². The second kappa shape index (κ2) is 7.82. The number of fused-ring (bicyclic) bond motifs is 3. The molecule has 6 bridgehead atoms. The van der Waals surface area contributed by atoms with E-state index >= 15 is 0 Å². The third kappa shape index (κ3) is 3.67. The summed E-state index contributed by atoms with van der Waals surface area (Å²) in [6, 6.07) is 21.3. The van der Waals surface area contributed by atoms with Gasteiger partial charge in [0.15, 0.2) is 0 Å². The standard InChI is InChI=1S/C28H22O4/c29-21-8-10-22-20(16-21)7-3-18-6-12-27(31)25(14-18)24-13-17(5-11-26(24)30)1-2-19-4-9-23(22)28(32)15-19/h1-2,4-6,8-16,29-32H,3,7H2. The van der Waals surface area contributed by atoms with Gasteiger partial charge in [0.25, 0.3) is 0 Å². The van der Waals surface area contributed by atoms with Crippen LogP contribution >= 0.6 is 0 Å². The fourth-order valence-corrected chi connectivity index (χ4v) is 4.23. The molecule has 6 rings (SSSR count). The van der Waals surface area contributed by atoms with Crippen molar-refractivity contribution in [1.29, 1.82) is 0 Å². The van der Waals surface area contributed by atoms with Crippen LogP contribution in [0.3, 0.4) is 0 Å². The first-order valence-corrected chi connectivity index (χ1v) is 10.5. The van der Waals surface area contributed by atoms with E-state index in [1.54, 1.807) is 36.4 Å². The smallest absolute Gasteiger partial charge is 0.124 e. The van der Waals surface area contributed by atoms with E-state index in [4.69, 9.17) is 0 Å². The average Bonchev–Trinajstić information content (AvgIpc) is 2.78. The zero-order valence-electron chi connectivity index (χ0n) is 17.3. The number of hydrogen-bond acceptors (Lipinski definition) is 4. The Morgan fingerprint density at radius 2 is 1.12 bits per heavy atom. The first-order valence-electron chi connectivity index (χ1n) is 10.5. The molecule has 0 heterocycles. The van der Waals surface area contributed by atoms with Gasteiger partial charge in [-0.15, -0.1) is 0 Å². The quantitative estimate of drug-likeness (QED) is 0.276. The highest BCUT2D eigenvalue weighted by Crippen LogP contribution is 2.39. The molecule has 0 saturated carbocycles. The maximum Gasteiger partial charge on any atom is 0.124 e. The van der Waals surface area contributed by atoms with Crippen molar-refractivity contribution in [2.45, 2.75) is 12.8 Å². The predicted octanol–water partition coefficient (Wildman–Crippen LogP) is 6.11. The number of benzene rings is 4. The summed E-state index contributed by atoms with van der Waals surface area (Å²) in [6.07, 6.45) is 5.07. The topological polar surface area (TPSA) is 80.9 Å². The first kappa shape index (κ1) is 19.8. The van der Waals surface area contributed by atoms with Crippen LogP contribution in [0.5, 0.6) is 23.0 Å². The fraction of sp³-hybridized carbons (Fsp3) is 0.0714. The van der Waals surface area contributed by atoms with Crippen LogP contribution in [-0.4, -0.2) is 20.4 Å². The van der Waals surface area contributed by atoms with Crippen molar-refractivity contribution >= 4 is 12.2 Å². The molecule has 0 fully saturated rings. The molecule has 2 aliphatic rings. The van der Waals surface area contributed by atoms with Crippen LogP contribution in [0, 0.1) is 0 Å². The van der Waals surface area contributed by atoms with Crippen molar-refractivity contribution in [1.82, 2.24) is 0 Å². The third-order valence-corrected chi connectivity index (χ3v) is 5.92. The summed E-state index contributed by atoms with van der Waals surface area (Å²) >= 11 is 0. The van der Waals surface area contributed by atoms with Gasteiger partial charge in [-0.2, -0.15) is 0 Å². The van der Waals surface area contributed by atoms with Gasteiger partial charge in [-0.3, -0.25) is 0 Å². The monoisotopic (exact) mass is 422 g/mol. The van der Waals surface area contributed by atoms with Gasteiger partial charge in [0.2, 0.25) is 0 Å². The zero-order valence-corrected chi connectivity index (χ0v) is 17.3. The van der Waals surface area contributed by atoms with Gasteiger partial charge in [0.05, 0.1) is 0 Å². The van der Waals surface area contributed by atoms with Crippen LogP contribution in [-0.2, 0) is 12.8 Å². The van der Waals surface area contributed by atoms with E-state index in [2.05, 4.69) is 0 Å². The Labute approximate surface area is 186 Å². The molecule has 4 N–H and O–H groups in total. The summed E-state index contributed by atoms with van der Waals surface area (Å²) in [6.45, 7) is 0. The highest BCUT2D eigenvalue weighted by atomic mass is 16.3. The number of hydrogen-bond donors (Lipinski definition) is 4. The molecule has 0 aliphatic heterocycles. The molecule has 0 saturated heterocycles. The molecule has 4 nitrogen and oxygen atoms in total. The van der Waals surface area contributed by atoms with Gasteiger partial charge < -0.3 is 20.4 Å². The average molecular weight is 422 g/mol. The van der Waals surface area contributed by atoms with Crippen LogP contribution < -0.4 is 0 Å². The van der Waals surface area contributed by atoms with Gasteiger partial charge in [0.1, 0.15) is 23.0 Å². The SMILES string of the molecule is Oc1ccc2c(c1)CCc1ccc(O)c(c1)-c1cc(ccc1O)C=Cc1ccc-2c(O)c1. The summed E-state index contributed by atoms with van der Waals surface area (Å²) in [4.78, 5) is 0. The molecule has 0 radical (unpaired) electrons. The van der Waals surface area contributed by atoms with Crippen molar-refractivity contribution in [3.8, 4) is 45.3 Å². The molecule has 0 unspecified atom stereocenters. The Balaban J connectivity index is 1.73. The molecule has 0 atom stereocenters. The minimum Gasteiger partial charge on any atom is -0.508 e. The van der Waals surface area contributed by atoms with E-state index in [-0.39, 0.29) is 23.0 Å². The predicted molar refractivity (Wildman–Crippen MR) is 127 cm³/mol. The van der Waals surface area contributed by atoms with Crippen molar-refractivity contribution < 1.29 is 20.4 Å². The summed E-state index contributed by atoms with van der Waals surface area (Å²) in [7, 11) is 0. The Bertz CT molecular complexity index is 1370. The minimum absolute atomic E-state index is 0.0907. The second-order valence-electron chi connectivity index (χ2n) is 8.08. The van der Waals surface area contributed by atoms with E-state index in [0.717, 1.165) is 27.8 Å². The largest absolute Gasteiger partial charge is 0.508 e. The van der Waals surface area contributed by atoms with Crippen LogP contribution in [0.15, 0.2) is 72.8 Å². The second-order valence-corrected chi connectivity index (χ2v) is 8.08. The Morgan fingerprint density at radius 3 is 1.91 bits per heavy atom. The summed E-state index contributed by atoms with van der Waals surface area (Å²) in [5.41, 5.74) is 6.29. The molecular weight excluding hydrogens is 400 g/mol. The summed E-state index contributed by atoms with van der Waals surface area (Å²) in [5, 5.41) is 41.8. The zero-order chi connectivity index (χ0) is 22.2. The number of phenols is 4. The number of aromatic hydroxyl groups is 4. The van der Waals surface area contributed by atoms with Gasteiger partial charge in [-0.1, -0.05) is 42.5 Å². The summed E-state index contributed by atoms with van der Waals surface area (Å²) in [5.74, 6) is 0.534. The lowest BCUT2D eigenvalue weighted by molar-refractivity contribution is 0.469.